The quantitative estimate of drug-likeness (QED) is 0.183. The average Bonchev–Trinajstić information content (AvgIpc) is 3.30. The van der Waals surface area contributed by atoms with Gasteiger partial charge >= 0.3 is 0 Å². The fraction of sp³-hybridized carbons (Fsp3) is 0.649. The zero-order valence-electron chi connectivity index (χ0n) is 26.3. The van der Waals surface area contributed by atoms with Gasteiger partial charge in [-0.2, -0.15) is 0 Å². The van der Waals surface area contributed by atoms with Crippen LogP contribution in [0.1, 0.15) is 96.1 Å². The van der Waals surface area contributed by atoms with Crippen LogP contribution in [0.3, 0.4) is 0 Å². The summed E-state index contributed by atoms with van der Waals surface area (Å²) in [6.07, 6.45) is 12.0. The molecule has 1 aromatic rings. The third-order valence-electron chi connectivity index (χ3n) is 10.8. The number of hydrogen-bond donors (Lipinski definition) is 1. The monoisotopic (exact) mass is 574 g/mol. The SMILES string of the molecule is CC1(C)COC2(CCC3=C4C(c5ccc(C#C/C=C/C=O)cc5)CC5(C)C(O)CCC5C4CCC3C2)OC1.CCOC. The molecule has 5 aliphatic rings. The molecule has 1 aromatic carbocycles. The van der Waals surface area contributed by atoms with E-state index >= 15 is 0 Å². The fourth-order valence-electron chi connectivity index (χ4n) is 8.51. The predicted molar refractivity (Wildman–Crippen MR) is 166 cm³/mol. The van der Waals surface area contributed by atoms with Crippen LogP contribution >= 0.6 is 0 Å². The van der Waals surface area contributed by atoms with Crippen LogP contribution in [0.2, 0.25) is 0 Å². The standard InChI is InChI=1S/C34H42O4.C3H8O/c1-32(2)21-37-34(38-22-32)17-16-26-25(19-34)12-13-27-29-14-15-30(36)33(29,3)20-28(31(26)27)24-10-8-23(9-11-24)7-5-4-6-18-35;1-3-4-2/h4,6,8-11,18,25,27-30,36H,12-17,19-22H2,1-3H3;3H2,1-2H3/b6-4+;. The van der Waals surface area contributed by atoms with Crippen molar-refractivity contribution in [3.05, 3.63) is 58.7 Å². The molecule has 4 aliphatic carbocycles. The van der Waals surface area contributed by atoms with E-state index in [1.165, 1.54) is 24.5 Å². The summed E-state index contributed by atoms with van der Waals surface area (Å²) in [5, 5.41) is 11.2. The molecule has 1 spiro atoms. The number of aliphatic hydroxyl groups is 1. The maximum Gasteiger partial charge on any atom is 0.169 e. The Morgan fingerprint density at radius 3 is 2.43 bits per heavy atom. The van der Waals surface area contributed by atoms with Gasteiger partial charge in [0.25, 0.3) is 0 Å². The first-order chi connectivity index (χ1) is 20.1. The molecule has 0 amide bonds. The van der Waals surface area contributed by atoms with Gasteiger partial charge in [-0.25, -0.2) is 0 Å². The van der Waals surface area contributed by atoms with Crippen molar-refractivity contribution in [2.75, 3.05) is 26.9 Å². The molecule has 5 nitrogen and oxygen atoms in total. The van der Waals surface area contributed by atoms with Gasteiger partial charge in [-0.15, -0.1) is 0 Å². The van der Waals surface area contributed by atoms with Crippen LogP contribution in [-0.4, -0.2) is 50.2 Å². The van der Waals surface area contributed by atoms with Gasteiger partial charge in [0.1, 0.15) is 6.29 Å². The van der Waals surface area contributed by atoms with Crippen LogP contribution in [0.25, 0.3) is 0 Å². The molecule has 6 unspecified atom stereocenters. The minimum absolute atomic E-state index is 0.0264. The molecule has 0 radical (unpaired) electrons. The molecule has 1 aliphatic heterocycles. The summed E-state index contributed by atoms with van der Waals surface area (Å²) in [4.78, 5) is 10.5. The van der Waals surface area contributed by atoms with Crippen LogP contribution in [-0.2, 0) is 19.0 Å². The van der Waals surface area contributed by atoms with E-state index in [-0.39, 0.29) is 16.9 Å². The van der Waals surface area contributed by atoms with Gasteiger partial charge in [-0.05, 0) is 98.5 Å². The molecule has 0 bridgehead atoms. The van der Waals surface area contributed by atoms with E-state index in [0.717, 1.165) is 70.2 Å². The summed E-state index contributed by atoms with van der Waals surface area (Å²) in [5.41, 5.74) is 5.73. The number of allylic oxidation sites excluding steroid dienone is 4. The van der Waals surface area contributed by atoms with E-state index < -0.39 is 5.79 Å². The number of fused-ring (bicyclic) bond motifs is 4. The molecular weight excluding hydrogens is 524 g/mol. The van der Waals surface area contributed by atoms with Crippen molar-refractivity contribution in [1.82, 2.24) is 0 Å². The number of ether oxygens (including phenoxy) is 3. The lowest BCUT2D eigenvalue weighted by molar-refractivity contribution is -0.312. The molecule has 6 atom stereocenters. The number of methoxy groups -OCH3 is 1. The molecular formula is C37H50O5. The first-order valence-electron chi connectivity index (χ1n) is 16.0. The second-order valence-corrected chi connectivity index (χ2v) is 14.1. The summed E-state index contributed by atoms with van der Waals surface area (Å²) in [5.74, 6) is 7.66. The van der Waals surface area contributed by atoms with Crippen LogP contribution in [0, 0.1) is 40.4 Å². The molecule has 0 aromatic heterocycles. The molecule has 42 heavy (non-hydrogen) atoms. The largest absolute Gasteiger partial charge is 0.393 e. The molecule has 228 valence electrons. The lowest BCUT2D eigenvalue weighted by atomic mass is 9.52. The fourth-order valence-corrected chi connectivity index (χ4v) is 8.51. The highest BCUT2D eigenvalue weighted by Crippen LogP contribution is 2.65. The second kappa shape index (κ2) is 12.8. The number of aldehydes is 1. The Morgan fingerprint density at radius 1 is 1.05 bits per heavy atom. The highest BCUT2D eigenvalue weighted by atomic mass is 16.7. The van der Waals surface area contributed by atoms with Crippen LogP contribution in [0.15, 0.2) is 47.6 Å². The van der Waals surface area contributed by atoms with Gasteiger partial charge in [-0.1, -0.05) is 55.9 Å². The molecule has 1 heterocycles. The number of benzene rings is 1. The third kappa shape index (κ3) is 6.20. The van der Waals surface area contributed by atoms with E-state index in [0.29, 0.717) is 23.7 Å². The van der Waals surface area contributed by atoms with E-state index in [1.807, 2.05) is 6.92 Å². The second-order valence-electron chi connectivity index (χ2n) is 14.1. The van der Waals surface area contributed by atoms with Gasteiger partial charge in [0.2, 0.25) is 0 Å². The highest BCUT2D eigenvalue weighted by Gasteiger charge is 2.57. The summed E-state index contributed by atoms with van der Waals surface area (Å²) in [7, 11) is 1.68. The summed E-state index contributed by atoms with van der Waals surface area (Å²) >= 11 is 0. The minimum Gasteiger partial charge on any atom is -0.393 e. The molecule has 6 rings (SSSR count). The Labute approximate surface area is 253 Å². The van der Waals surface area contributed by atoms with Crippen LogP contribution in [0.5, 0.6) is 0 Å². The van der Waals surface area contributed by atoms with Crippen LogP contribution in [0.4, 0.5) is 0 Å². The molecule has 1 saturated heterocycles. The Kier molecular flexibility index (Phi) is 9.50. The minimum atomic E-state index is -0.405. The maximum atomic E-state index is 11.2. The van der Waals surface area contributed by atoms with Gasteiger partial charge < -0.3 is 19.3 Å². The van der Waals surface area contributed by atoms with Gasteiger partial charge in [-0.3, -0.25) is 4.79 Å². The topological polar surface area (TPSA) is 65.0 Å². The van der Waals surface area contributed by atoms with E-state index in [1.54, 1.807) is 24.3 Å². The van der Waals surface area contributed by atoms with Gasteiger partial charge in [0.15, 0.2) is 5.79 Å². The number of carbonyl (C=O) groups excluding carboxylic acids is 1. The smallest absolute Gasteiger partial charge is 0.169 e. The van der Waals surface area contributed by atoms with E-state index in [2.05, 4.69) is 61.6 Å². The third-order valence-corrected chi connectivity index (χ3v) is 10.8. The molecule has 5 heteroatoms. The van der Waals surface area contributed by atoms with Crippen molar-refractivity contribution in [3.8, 4) is 11.8 Å². The maximum absolute atomic E-state index is 11.2. The van der Waals surface area contributed by atoms with Gasteiger partial charge in [0.05, 0.1) is 19.3 Å². The normalized spacial score (nSPS) is 34.4. The number of carbonyl (C=O) groups is 1. The average molecular weight is 575 g/mol. The number of hydrogen-bond acceptors (Lipinski definition) is 5. The lowest BCUT2D eigenvalue weighted by Gasteiger charge is -2.55. The highest BCUT2D eigenvalue weighted by molar-refractivity contribution is 5.65. The van der Waals surface area contributed by atoms with Crippen molar-refractivity contribution < 1.29 is 24.1 Å². The molecule has 3 saturated carbocycles. The van der Waals surface area contributed by atoms with Crippen molar-refractivity contribution in [2.24, 2.45) is 28.6 Å². The zero-order valence-corrected chi connectivity index (χ0v) is 26.3. The van der Waals surface area contributed by atoms with Crippen molar-refractivity contribution >= 4 is 6.29 Å². The van der Waals surface area contributed by atoms with Gasteiger partial charge in [0, 0.05) is 43.5 Å². The first kappa shape index (κ1) is 31.2. The van der Waals surface area contributed by atoms with E-state index in [4.69, 9.17) is 9.47 Å². The Bertz CT molecular complexity index is 1220. The number of rotatable bonds is 3. The van der Waals surface area contributed by atoms with Crippen molar-refractivity contribution in [2.45, 2.75) is 96.9 Å². The lowest BCUT2D eigenvalue weighted by Crippen LogP contribution is -2.52. The summed E-state index contributed by atoms with van der Waals surface area (Å²) in [6, 6.07) is 8.71. The Hall–Kier alpha value is -2.23. The molecule has 4 fully saturated rings. The zero-order chi connectivity index (χ0) is 30.0. The van der Waals surface area contributed by atoms with Crippen molar-refractivity contribution in [3.63, 3.8) is 0 Å². The summed E-state index contributed by atoms with van der Waals surface area (Å²) < 4.78 is 17.5. The predicted octanol–water partition coefficient (Wildman–Crippen LogP) is 6.99. The Morgan fingerprint density at radius 2 is 1.76 bits per heavy atom. The van der Waals surface area contributed by atoms with Crippen molar-refractivity contribution in [1.29, 1.82) is 0 Å². The molecule has 1 N–H and O–H groups in total. The van der Waals surface area contributed by atoms with Crippen LogP contribution < -0.4 is 0 Å². The number of aliphatic hydroxyl groups excluding tert-OH is 1. The Balaban J connectivity index is 0.000000830. The first-order valence-corrected chi connectivity index (χ1v) is 16.0. The van der Waals surface area contributed by atoms with E-state index in [9.17, 15) is 9.90 Å². The summed E-state index contributed by atoms with van der Waals surface area (Å²) in [6.45, 7) is 11.1.